The highest BCUT2D eigenvalue weighted by molar-refractivity contribution is 7.13. The van der Waals surface area contributed by atoms with Gasteiger partial charge in [-0.3, -0.25) is 5.32 Å². The molecular formula is C14H17N5OS. The molecule has 21 heavy (non-hydrogen) atoms. The standard InChI is InChI=1S/C14H17N5OS/c1-11-10-21-13(16-11)17-14(20)19-8-6-18(7-9-19)12-4-2-3-5-15-12/h2-5,10H,6-9H2,1H3,(H,16,17,20). The third-order valence-electron chi connectivity index (χ3n) is 3.37. The van der Waals surface area contributed by atoms with Gasteiger partial charge in [0.05, 0.1) is 5.69 Å². The van der Waals surface area contributed by atoms with E-state index in [4.69, 9.17) is 0 Å². The Bertz CT molecular complexity index is 607. The molecule has 0 radical (unpaired) electrons. The van der Waals surface area contributed by atoms with Gasteiger partial charge in [-0.15, -0.1) is 11.3 Å². The maximum Gasteiger partial charge on any atom is 0.323 e. The molecule has 110 valence electrons. The van der Waals surface area contributed by atoms with Gasteiger partial charge in [-0.25, -0.2) is 14.8 Å². The number of pyridine rings is 1. The van der Waals surface area contributed by atoms with Crippen molar-refractivity contribution >= 4 is 28.3 Å². The van der Waals surface area contributed by atoms with Crippen LogP contribution in [0.2, 0.25) is 0 Å². The molecule has 0 atom stereocenters. The second-order valence-corrected chi connectivity index (χ2v) is 5.74. The molecule has 3 heterocycles. The second kappa shape index (κ2) is 6.09. The lowest BCUT2D eigenvalue weighted by atomic mass is 10.3. The van der Waals surface area contributed by atoms with E-state index in [1.54, 1.807) is 6.20 Å². The number of rotatable bonds is 2. The first-order chi connectivity index (χ1) is 10.2. The van der Waals surface area contributed by atoms with Crippen LogP contribution in [0.1, 0.15) is 5.69 Å². The molecule has 0 aromatic carbocycles. The molecular weight excluding hydrogens is 286 g/mol. The number of anilines is 2. The van der Waals surface area contributed by atoms with Crippen LogP contribution in [0.25, 0.3) is 0 Å². The smallest absolute Gasteiger partial charge is 0.323 e. The van der Waals surface area contributed by atoms with E-state index in [9.17, 15) is 4.79 Å². The van der Waals surface area contributed by atoms with E-state index < -0.39 is 0 Å². The normalized spacial score (nSPS) is 15.1. The third-order valence-corrected chi connectivity index (χ3v) is 4.25. The van der Waals surface area contributed by atoms with Crippen LogP contribution >= 0.6 is 11.3 Å². The predicted octanol–water partition coefficient (Wildman–Crippen LogP) is 2.20. The summed E-state index contributed by atoms with van der Waals surface area (Å²) < 4.78 is 0. The number of amides is 2. The van der Waals surface area contributed by atoms with Gasteiger partial charge in [0, 0.05) is 37.8 Å². The largest absolute Gasteiger partial charge is 0.353 e. The number of hydrogen-bond acceptors (Lipinski definition) is 5. The SMILES string of the molecule is Cc1csc(NC(=O)N2CCN(c3ccccn3)CC2)n1. The number of piperazine rings is 1. The van der Waals surface area contributed by atoms with Crippen molar-refractivity contribution < 1.29 is 4.79 Å². The summed E-state index contributed by atoms with van der Waals surface area (Å²) in [6.07, 6.45) is 1.79. The minimum Gasteiger partial charge on any atom is -0.353 e. The number of carbonyl (C=O) groups excluding carboxylic acids is 1. The first-order valence-electron chi connectivity index (χ1n) is 6.86. The van der Waals surface area contributed by atoms with Crippen molar-refractivity contribution in [3.8, 4) is 0 Å². The second-order valence-electron chi connectivity index (χ2n) is 4.89. The zero-order valence-electron chi connectivity index (χ0n) is 11.8. The number of thiazole rings is 1. The van der Waals surface area contributed by atoms with Gasteiger partial charge in [-0.1, -0.05) is 6.07 Å². The Balaban J connectivity index is 1.54. The van der Waals surface area contributed by atoms with Crippen molar-refractivity contribution in [2.24, 2.45) is 0 Å². The van der Waals surface area contributed by atoms with Crippen LogP contribution in [-0.4, -0.2) is 47.1 Å². The number of nitrogens with zero attached hydrogens (tertiary/aromatic N) is 4. The molecule has 1 aliphatic rings. The van der Waals surface area contributed by atoms with Gasteiger partial charge in [-0.05, 0) is 19.1 Å². The van der Waals surface area contributed by atoms with Gasteiger partial charge in [0.15, 0.2) is 5.13 Å². The van der Waals surface area contributed by atoms with Gasteiger partial charge >= 0.3 is 6.03 Å². The molecule has 2 amide bonds. The summed E-state index contributed by atoms with van der Waals surface area (Å²) in [5.74, 6) is 0.966. The molecule has 0 bridgehead atoms. The first-order valence-corrected chi connectivity index (χ1v) is 7.74. The van der Waals surface area contributed by atoms with Crippen molar-refractivity contribution in [1.29, 1.82) is 0 Å². The minimum absolute atomic E-state index is 0.0787. The molecule has 3 rings (SSSR count). The van der Waals surface area contributed by atoms with Crippen LogP contribution in [0.3, 0.4) is 0 Å². The third kappa shape index (κ3) is 3.30. The quantitative estimate of drug-likeness (QED) is 0.924. The van der Waals surface area contributed by atoms with Crippen LogP contribution in [0, 0.1) is 6.92 Å². The Morgan fingerprint density at radius 1 is 1.29 bits per heavy atom. The molecule has 2 aromatic rings. The lowest BCUT2D eigenvalue weighted by Crippen LogP contribution is -2.50. The fourth-order valence-corrected chi connectivity index (χ4v) is 2.94. The Labute approximate surface area is 127 Å². The van der Waals surface area contributed by atoms with Gasteiger partial charge in [-0.2, -0.15) is 0 Å². The first kappa shape index (κ1) is 13.8. The Morgan fingerprint density at radius 3 is 2.71 bits per heavy atom. The molecule has 2 aromatic heterocycles. The highest BCUT2D eigenvalue weighted by Gasteiger charge is 2.22. The van der Waals surface area contributed by atoms with Crippen molar-refractivity contribution in [2.75, 3.05) is 36.4 Å². The summed E-state index contributed by atoms with van der Waals surface area (Å²) in [5.41, 5.74) is 0.926. The number of urea groups is 1. The Morgan fingerprint density at radius 2 is 2.10 bits per heavy atom. The monoisotopic (exact) mass is 303 g/mol. The minimum atomic E-state index is -0.0787. The average molecular weight is 303 g/mol. The highest BCUT2D eigenvalue weighted by atomic mass is 32.1. The number of aromatic nitrogens is 2. The van der Waals surface area contributed by atoms with Crippen LogP contribution < -0.4 is 10.2 Å². The van der Waals surface area contributed by atoms with Crippen molar-refractivity contribution in [2.45, 2.75) is 6.92 Å². The van der Waals surface area contributed by atoms with E-state index >= 15 is 0 Å². The van der Waals surface area contributed by atoms with E-state index in [-0.39, 0.29) is 6.03 Å². The van der Waals surface area contributed by atoms with Gasteiger partial charge < -0.3 is 9.80 Å². The molecule has 1 fully saturated rings. The Kier molecular flexibility index (Phi) is 4.01. The maximum atomic E-state index is 12.2. The maximum absolute atomic E-state index is 12.2. The zero-order chi connectivity index (χ0) is 14.7. The van der Waals surface area contributed by atoms with Crippen molar-refractivity contribution in [3.63, 3.8) is 0 Å². The molecule has 1 aliphatic heterocycles. The number of aryl methyl sites for hydroxylation is 1. The van der Waals surface area contributed by atoms with E-state index in [1.165, 1.54) is 11.3 Å². The van der Waals surface area contributed by atoms with Crippen molar-refractivity contribution in [3.05, 3.63) is 35.5 Å². The van der Waals surface area contributed by atoms with Crippen molar-refractivity contribution in [1.82, 2.24) is 14.9 Å². The average Bonchev–Trinajstić information content (AvgIpc) is 2.93. The summed E-state index contributed by atoms with van der Waals surface area (Å²) >= 11 is 1.45. The van der Waals surface area contributed by atoms with E-state index in [2.05, 4.69) is 20.2 Å². The predicted molar refractivity (Wildman–Crippen MR) is 83.9 cm³/mol. The summed E-state index contributed by atoms with van der Waals surface area (Å²) in [7, 11) is 0. The van der Waals surface area contributed by atoms with Gasteiger partial charge in [0.1, 0.15) is 5.82 Å². The fraction of sp³-hybridized carbons (Fsp3) is 0.357. The van der Waals surface area contributed by atoms with Crippen LogP contribution in [-0.2, 0) is 0 Å². The van der Waals surface area contributed by atoms with E-state index in [0.717, 1.165) is 24.6 Å². The number of nitrogens with one attached hydrogen (secondary N) is 1. The molecule has 0 aliphatic carbocycles. The Hall–Kier alpha value is -2.15. The summed E-state index contributed by atoms with van der Waals surface area (Å²) in [4.78, 5) is 24.8. The van der Waals surface area contributed by atoms with Crippen LogP contribution in [0.5, 0.6) is 0 Å². The van der Waals surface area contributed by atoms with Gasteiger partial charge in [0.2, 0.25) is 0 Å². The summed E-state index contributed by atoms with van der Waals surface area (Å²) in [6.45, 7) is 4.87. The van der Waals surface area contributed by atoms with Crippen LogP contribution in [0.15, 0.2) is 29.8 Å². The molecule has 7 heteroatoms. The number of carbonyl (C=O) groups is 1. The van der Waals surface area contributed by atoms with E-state index in [0.29, 0.717) is 18.2 Å². The molecule has 0 unspecified atom stereocenters. The molecule has 0 spiro atoms. The molecule has 1 N–H and O–H groups in total. The molecule has 0 saturated carbocycles. The molecule has 6 nitrogen and oxygen atoms in total. The topological polar surface area (TPSA) is 61.4 Å². The summed E-state index contributed by atoms with van der Waals surface area (Å²) in [5, 5.41) is 5.43. The number of hydrogen-bond donors (Lipinski definition) is 1. The van der Waals surface area contributed by atoms with Crippen LogP contribution in [0.4, 0.5) is 15.7 Å². The highest BCUT2D eigenvalue weighted by Crippen LogP contribution is 2.16. The summed E-state index contributed by atoms with van der Waals surface area (Å²) in [6, 6.07) is 5.80. The lowest BCUT2D eigenvalue weighted by Gasteiger charge is -2.35. The fourth-order valence-electron chi connectivity index (χ4n) is 2.26. The lowest BCUT2D eigenvalue weighted by molar-refractivity contribution is 0.208. The zero-order valence-corrected chi connectivity index (χ0v) is 12.6. The van der Waals surface area contributed by atoms with E-state index in [1.807, 2.05) is 35.4 Å². The molecule has 1 saturated heterocycles. The van der Waals surface area contributed by atoms with Gasteiger partial charge in [0.25, 0.3) is 0 Å².